The van der Waals surface area contributed by atoms with Crippen LogP contribution in [-0.4, -0.2) is 93.9 Å². The summed E-state index contributed by atoms with van der Waals surface area (Å²) in [6, 6.07) is 18.1. The molecule has 3 rings (SSSR count). The van der Waals surface area contributed by atoms with Crippen molar-refractivity contribution in [2.24, 2.45) is 0 Å². The first kappa shape index (κ1) is 22.5. The third kappa shape index (κ3) is 7.55. The Labute approximate surface area is 192 Å². The molecule has 1 heterocycles. The van der Waals surface area contributed by atoms with Crippen molar-refractivity contribution in [3.05, 3.63) is 54.6 Å². The molecular weight excluding hydrogens is 583 g/mol. The molecule has 2 aromatic carbocycles. The van der Waals surface area contributed by atoms with Crippen molar-refractivity contribution in [2.75, 3.05) is 57.9 Å². The van der Waals surface area contributed by atoms with Crippen LogP contribution in [0.5, 0.6) is 0 Å². The van der Waals surface area contributed by atoms with Gasteiger partial charge in [0, 0.05) is 9.79 Å². The van der Waals surface area contributed by atoms with Gasteiger partial charge in [0.25, 0.3) is 0 Å². The van der Waals surface area contributed by atoms with Gasteiger partial charge >= 0.3 is 112 Å². The number of carbonyl (C=O) groups is 1. The molecule has 0 spiro atoms. The number of hydrogen-bond acceptors (Lipinski definition) is 5. The number of nitrogens with zero attached hydrogens (tertiary/aromatic N) is 2. The molecule has 8 heteroatoms. The summed E-state index contributed by atoms with van der Waals surface area (Å²) >= 11 is 2.78. The predicted octanol–water partition coefficient (Wildman–Crippen LogP) is 3.10. The molecule has 0 bridgehead atoms. The zero-order chi connectivity index (χ0) is 20.3. The Morgan fingerprint density at radius 3 is 2.45 bits per heavy atom. The average molecular weight is 610 g/mol. The fourth-order valence-corrected chi connectivity index (χ4v) is 4.22. The molecule has 2 amide bonds. The van der Waals surface area contributed by atoms with E-state index in [9.17, 15) is 4.79 Å². The predicted molar refractivity (Wildman–Crippen MR) is 117 cm³/mol. The monoisotopic (exact) mass is 609 g/mol. The van der Waals surface area contributed by atoms with Gasteiger partial charge in [-0.2, -0.15) is 0 Å². The second-order valence-electron chi connectivity index (χ2n) is 6.60. The van der Waals surface area contributed by atoms with Crippen molar-refractivity contribution in [1.82, 2.24) is 9.80 Å². The van der Waals surface area contributed by atoms with Crippen LogP contribution in [0.2, 0.25) is 0 Å². The Balaban J connectivity index is 1.47. The maximum absolute atomic E-state index is 12.8. The topological polar surface area (TPSA) is 54.0 Å². The summed E-state index contributed by atoms with van der Waals surface area (Å²) < 4.78 is 10.6. The van der Waals surface area contributed by atoms with E-state index in [1.54, 1.807) is 11.8 Å². The van der Waals surface area contributed by atoms with Crippen LogP contribution in [0.4, 0.5) is 10.5 Å². The number of hydrogen-bond donors (Lipinski definition) is 1. The van der Waals surface area contributed by atoms with E-state index < -0.39 is 0 Å². The van der Waals surface area contributed by atoms with Crippen molar-refractivity contribution in [3.8, 4) is 0 Å². The first-order valence-corrected chi connectivity index (χ1v) is 11.8. The van der Waals surface area contributed by atoms with Crippen molar-refractivity contribution in [1.29, 1.82) is 0 Å². The molecule has 1 aliphatic heterocycles. The molecule has 0 saturated carbocycles. The molecular formula is C21H26N3O3PoS. The zero-order valence-corrected chi connectivity index (χ0v) is 20.3. The third-order valence-electron chi connectivity index (χ3n) is 4.62. The van der Waals surface area contributed by atoms with Crippen molar-refractivity contribution in [3.63, 3.8) is 0 Å². The van der Waals surface area contributed by atoms with E-state index in [2.05, 4.69) is 22.3 Å². The second-order valence-corrected chi connectivity index (χ2v) is 8.64. The van der Waals surface area contributed by atoms with Gasteiger partial charge in [-0.3, -0.25) is 0 Å². The number of ether oxygens (including phenoxy) is 1. The van der Waals surface area contributed by atoms with E-state index in [4.69, 9.17) is 7.51 Å². The van der Waals surface area contributed by atoms with Gasteiger partial charge in [-0.05, 0) is 24.3 Å². The van der Waals surface area contributed by atoms with Crippen LogP contribution in [0.3, 0.4) is 0 Å². The molecule has 2 aromatic rings. The van der Waals surface area contributed by atoms with Gasteiger partial charge in [-0.1, -0.05) is 42.1 Å². The number of rotatable bonds is 9. The fourth-order valence-electron chi connectivity index (χ4n) is 3.03. The molecule has 1 saturated heterocycles. The summed E-state index contributed by atoms with van der Waals surface area (Å²) in [7, 11) is 0. The van der Waals surface area contributed by atoms with Gasteiger partial charge in [-0.25, -0.2) is 0 Å². The number of carbonyl (C=O) groups excluding carboxylic acids is 1. The average Bonchev–Trinajstić information content (AvgIpc) is 2.76. The van der Waals surface area contributed by atoms with Gasteiger partial charge in [-0.15, -0.1) is 0 Å². The molecule has 1 aliphatic rings. The molecule has 6 nitrogen and oxygen atoms in total. The number of piperazine rings is 1. The summed E-state index contributed by atoms with van der Waals surface area (Å²) in [5.74, 6) is 0. The molecule has 29 heavy (non-hydrogen) atoms. The molecule has 0 aromatic heterocycles. The second kappa shape index (κ2) is 12.5. The molecule has 1 fully saturated rings. The number of anilines is 1. The van der Waals surface area contributed by atoms with Gasteiger partial charge in [0.05, 0.1) is 5.69 Å². The summed E-state index contributed by atoms with van der Waals surface area (Å²) in [4.78, 5) is 19.2. The van der Waals surface area contributed by atoms with Crippen LogP contribution in [0.25, 0.3) is 0 Å². The number of amides is 2. The molecule has 1 radical (unpaired) electrons. The third-order valence-corrected chi connectivity index (χ3v) is 6.35. The first-order valence-electron chi connectivity index (χ1n) is 9.69. The normalized spacial score (nSPS) is 14.7. The van der Waals surface area contributed by atoms with E-state index in [1.807, 2.05) is 47.4 Å². The van der Waals surface area contributed by atoms with E-state index in [-0.39, 0.29) is 6.03 Å². The van der Waals surface area contributed by atoms with Crippen molar-refractivity contribution in [2.45, 2.75) is 9.79 Å². The van der Waals surface area contributed by atoms with Crippen LogP contribution in [0.1, 0.15) is 0 Å². The van der Waals surface area contributed by atoms with E-state index in [1.165, 1.54) is 0 Å². The molecule has 0 aliphatic carbocycles. The van der Waals surface area contributed by atoms with Gasteiger partial charge in [0.1, 0.15) is 0 Å². The zero-order valence-electron chi connectivity index (χ0n) is 16.3. The van der Waals surface area contributed by atoms with Crippen LogP contribution in [0, 0.1) is 0 Å². The Bertz CT molecular complexity index is 758. The maximum atomic E-state index is 12.8. The van der Waals surface area contributed by atoms with Crippen molar-refractivity contribution >= 4 is 49.0 Å². The Hall–Kier alpha value is -1.16. The van der Waals surface area contributed by atoms with Crippen LogP contribution < -0.4 is 5.32 Å². The van der Waals surface area contributed by atoms with E-state index >= 15 is 0 Å². The SMILES string of the molecule is O=C(Nc1ccccc1Sc1ccccc1)N1CCN(CCOCC[O][Po])CC1. The molecule has 0 unspecified atom stereocenters. The van der Waals surface area contributed by atoms with Gasteiger partial charge in [0.2, 0.25) is 0 Å². The molecule has 0 atom stereocenters. The van der Waals surface area contributed by atoms with Crippen LogP contribution in [-0.2, 0) is 7.51 Å². The first-order chi connectivity index (χ1) is 14.3. The number of urea groups is 1. The van der Waals surface area contributed by atoms with Crippen LogP contribution >= 0.6 is 11.8 Å². The minimum absolute atomic E-state index is 0.0374. The number of benzene rings is 2. The van der Waals surface area contributed by atoms with Gasteiger partial charge < -0.3 is 0 Å². The standard InChI is InChI=1S/C21H26N3O3S.Po/c25-15-17-27-16-14-23-10-12-24(13-11-23)21(26)22-19-8-4-5-9-20(19)28-18-6-2-1-3-7-18;/h1-9H,10-17H2,(H,22,26);/q-1;+1. The van der Waals surface area contributed by atoms with E-state index in [0.29, 0.717) is 19.8 Å². The number of nitrogens with one attached hydrogen (secondary N) is 1. The van der Waals surface area contributed by atoms with Crippen LogP contribution in [0.15, 0.2) is 64.4 Å². The Morgan fingerprint density at radius 1 is 0.966 bits per heavy atom. The van der Waals surface area contributed by atoms with Gasteiger partial charge in [0.15, 0.2) is 0 Å². The Kier molecular flexibility index (Phi) is 9.72. The summed E-state index contributed by atoms with van der Waals surface area (Å²) in [5.41, 5.74) is 0.849. The minimum atomic E-state index is -0.0374. The quantitative estimate of drug-likeness (QED) is 0.444. The molecule has 155 valence electrons. The number of para-hydroxylation sites is 1. The van der Waals surface area contributed by atoms with Crippen molar-refractivity contribution < 1.29 is 12.3 Å². The summed E-state index contributed by atoms with van der Waals surface area (Å²) in [6.45, 7) is 6.08. The summed E-state index contributed by atoms with van der Waals surface area (Å²) in [5, 5.41) is 3.09. The Morgan fingerprint density at radius 2 is 1.69 bits per heavy atom. The van der Waals surface area contributed by atoms with E-state index in [0.717, 1.165) is 73.7 Å². The fraction of sp³-hybridized carbons (Fsp3) is 0.381. The summed E-state index contributed by atoms with van der Waals surface area (Å²) in [6.07, 6.45) is 0. The molecule has 1 N–H and O–H groups in total.